The van der Waals surface area contributed by atoms with E-state index in [1.165, 1.54) is 6.08 Å². The summed E-state index contributed by atoms with van der Waals surface area (Å²) in [7, 11) is 0. The maximum Gasteiger partial charge on any atom is 0.391 e. The van der Waals surface area contributed by atoms with Crippen LogP contribution in [-0.4, -0.2) is 11.0 Å². The highest BCUT2D eigenvalue weighted by molar-refractivity contribution is 8.54. The zero-order chi connectivity index (χ0) is 12.7. The first kappa shape index (κ1) is 14.3. The van der Waals surface area contributed by atoms with E-state index in [-0.39, 0.29) is 0 Å². The van der Waals surface area contributed by atoms with Gasteiger partial charge in [-0.05, 0) is 29.9 Å². The molecular weight excluding hydrogens is 255 g/mol. The van der Waals surface area contributed by atoms with Gasteiger partial charge in [-0.15, -0.1) is 13.2 Å². The molecule has 3 nitrogen and oxygen atoms in total. The van der Waals surface area contributed by atoms with Crippen LogP contribution in [0.5, 0.6) is 0 Å². The molecule has 0 aliphatic carbocycles. The molecular formula is C12H15O3PS. The molecule has 2 unspecified atom stereocenters. The van der Waals surface area contributed by atoms with Crippen LogP contribution in [0.1, 0.15) is 6.42 Å². The number of benzene rings is 1. The summed E-state index contributed by atoms with van der Waals surface area (Å²) in [5.74, 6) is 0. The number of hydrogen-bond acceptors (Lipinski definition) is 3. The van der Waals surface area contributed by atoms with Crippen LogP contribution in [0, 0.1) is 0 Å². The molecule has 0 saturated carbocycles. The van der Waals surface area contributed by atoms with Crippen molar-refractivity contribution in [3.8, 4) is 0 Å². The predicted molar refractivity (Wildman–Crippen MR) is 72.0 cm³/mol. The van der Waals surface area contributed by atoms with Gasteiger partial charge in [0.25, 0.3) is 0 Å². The van der Waals surface area contributed by atoms with E-state index in [2.05, 4.69) is 13.2 Å². The second-order valence-electron chi connectivity index (χ2n) is 3.28. The van der Waals surface area contributed by atoms with Gasteiger partial charge in [-0.3, -0.25) is 4.52 Å². The van der Waals surface area contributed by atoms with E-state index >= 15 is 0 Å². The Kier molecular flexibility index (Phi) is 5.72. The lowest BCUT2D eigenvalue weighted by Crippen LogP contribution is -2.05. The predicted octanol–water partition coefficient (Wildman–Crippen LogP) is 4.03. The largest absolute Gasteiger partial charge is 0.391 e. The molecule has 5 heteroatoms. The fourth-order valence-corrected chi connectivity index (χ4v) is 3.88. The zero-order valence-electron chi connectivity index (χ0n) is 9.36. The van der Waals surface area contributed by atoms with Gasteiger partial charge < -0.3 is 4.89 Å². The Labute approximate surface area is 105 Å². The fourth-order valence-electron chi connectivity index (χ4n) is 1.15. The van der Waals surface area contributed by atoms with Crippen molar-refractivity contribution in [2.45, 2.75) is 17.4 Å². The van der Waals surface area contributed by atoms with Crippen LogP contribution in [0.4, 0.5) is 0 Å². The van der Waals surface area contributed by atoms with Gasteiger partial charge in [0.1, 0.15) is 0 Å². The van der Waals surface area contributed by atoms with Gasteiger partial charge in [-0.25, -0.2) is 4.57 Å². The maximum absolute atomic E-state index is 11.8. The summed E-state index contributed by atoms with van der Waals surface area (Å²) in [5, 5.41) is 0. The van der Waals surface area contributed by atoms with Gasteiger partial charge in [-0.1, -0.05) is 30.4 Å². The van der Waals surface area contributed by atoms with Crippen molar-refractivity contribution in [1.82, 2.24) is 0 Å². The van der Waals surface area contributed by atoms with Gasteiger partial charge in [0, 0.05) is 4.90 Å². The summed E-state index contributed by atoms with van der Waals surface area (Å²) in [4.78, 5) is 10.4. The molecule has 0 amide bonds. The lowest BCUT2D eigenvalue weighted by Gasteiger charge is -2.16. The minimum absolute atomic E-state index is 0.462. The van der Waals surface area contributed by atoms with E-state index < -0.39 is 12.9 Å². The van der Waals surface area contributed by atoms with Crippen LogP contribution in [0.2, 0.25) is 0 Å². The SMILES string of the molecule is C=CCC(C=C)OP(=O)(O)Sc1ccccc1. The van der Waals surface area contributed by atoms with Gasteiger partial charge in [-0.2, -0.15) is 0 Å². The smallest absolute Gasteiger partial charge is 0.316 e. The van der Waals surface area contributed by atoms with Gasteiger partial charge in [0.15, 0.2) is 0 Å². The summed E-state index contributed by atoms with van der Waals surface area (Å²) >= 11 is 0.822. The van der Waals surface area contributed by atoms with Crippen molar-refractivity contribution in [3.05, 3.63) is 55.6 Å². The molecule has 0 aromatic heterocycles. The van der Waals surface area contributed by atoms with E-state index in [9.17, 15) is 9.46 Å². The first-order valence-corrected chi connectivity index (χ1v) is 8.06. The van der Waals surface area contributed by atoms with Crippen LogP contribution in [0.3, 0.4) is 0 Å². The number of rotatable bonds is 7. The van der Waals surface area contributed by atoms with Crippen molar-refractivity contribution in [1.29, 1.82) is 0 Å². The molecule has 0 spiro atoms. The van der Waals surface area contributed by atoms with E-state index in [4.69, 9.17) is 4.52 Å². The lowest BCUT2D eigenvalue weighted by molar-refractivity contribution is 0.227. The number of hydrogen-bond donors (Lipinski definition) is 1. The Bertz CT molecular complexity index is 419. The first-order valence-electron chi connectivity index (χ1n) is 5.06. The molecule has 0 aliphatic rings. The molecule has 0 radical (unpaired) electrons. The average molecular weight is 270 g/mol. The first-order chi connectivity index (χ1) is 8.07. The molecule has 0 heterocycles. The third-order valence-corrected chi connectivity index (χ3v) is 4.73. The molecule has 1 rings (SSSR count). The van der Waals surface area contributed by atoms with Crippen molar-refractivity contribution in [3.63, 3.8) is 0 Å². The van der Waals surface area contributed by atoms with Crippen molar-refractivity contribution >= 4 is 18.2 Å². The Morgan fingerprint density at radius 2 is 2.06 bits per heavy atom. The normalized spacial score (nSPS) is 15.8. The van der Waals surface area contributed by atoms with E-state index in [0.29, 0.717) is 11.3 Å². The summed E-state index contributed by atoms with van der Waals surface area (Å²) < 4.78 is 17.0. The molecule has 0 bridgehead atoms. The van der Waals surface area contributed by atoms with Gasteiger partial charge >= 0.3 is 6.80 Å². The molecule has 1 aromatic rings. The van der Waals surface area contributed by atoms with E-state index in [1.54, 1.807) is 30.3 Å². The van der Waals surface area contributed by atoms with Crippen LogP contribution in [0.25, 0.3) is 0 Å². The molecule has 0 fully saturated rings. The Morgan fingerprint density at radius 1 is 1.41 bits per heavy atom. The van der Waals surface area contributed by atoms with E-state index in [1.807, 2.05) is 6.07 Å². The molecule has 1 aromatic carbocycles. The van der Waals surface area contributed by atoms with Crippen molar-refractivity contribution in [2.75, 3.05) is 0 Å². The molecule has 17 heavy (non-hydrogen) atoms. The average Bonchev–Trinajstić information content (AvgIpc) is 2.29. The summed E-state index contributed by atoms with van der Waals surface area (Å²) in [6, 6.07) is 8.96. The Balaban J connectivity index is 2.65. The minimum atomic E-state index is -3.72. The lowest BCUT2D eigenvalue weighted by atomic mass is 10.2. The quantitative estimate of drug-likeness (QED) is 0.600. The Hall–Kier alpha value is -0.800. The van der Waals surface area contributed by atoms with Crippen molar-refractivity contribution in [2.24, 2.45) is 0 Å². The summed E-state index contributed by atoms with van der Waals surface area (Å²) in [6.45, 7) is 3.39. The van der Waals surface area contributed by atoms with Crippen LogP contribution in [0.15, 0.2) is 60.5 Å². The second-order valence-corrected chi connectivity index (χ2v) is 7.01. The summed E-state index contributed by atoms with van der Waals surface area (Å²) in [6.07, 6.45) is 3.10. The van der Waals surface area contributed by atoms with Crippen LogP contribution < -0.4 is 0 Å². The maximum atomic E-state index is 11.8. The minimum Gasteiger partial charge on any atom is -0.316 e. The zero-order valence-corrected chi connectivity index (χ0v) is 11.1. The third-order valence-electron chi connectivity index (χ3n) is 1.89. The standard InChI is InChI=1S/C12H15O3PS/c1-3-8-11(4-2)15-16(13,14)17-12-9-6-5-7-10-12/h3-7,9-11H,1-2,8H2,(H,13,14). The highest BCUT2D eigenvalue weighted by atomic mass is 32.7. The van der Waals surface area contributed by atoms with Crippen LogP contribution >= 0.6 is 18.2 Å². The monoisotopic (exact) mass is 270 g/mol. The molecule has 2 atom stereocenters. The Morgan fingerprint density at radius 3 is 2.59 bits per heavy atom. The highest BCUT2D eigenvalue weighted by Crippen LogP contribution is 2.60. The highest BCUT2D eigenvalue weighted by Gasteiger charge is 2.24. The second kappa shape index (κ2) is 6.82. The van der Waals surface area contributed by atoms with Gasteiger partial charge in [0.05, 0.1) is 6.10 Å². The van der Waals surface area contributed by atoms with Crippen LogP contribution in [-0.2, 0) is 9.09 Å². The molecule has 1 N–H and O–H groups in total. The topological polar surface area (TPSA) is 46.5 Å². The molecule has 0 saturated heterocycles. The van der Waals surface area contributed by atoms with E-state index in [0.717, 1.165) is 11.4 Å². The van der Waals surface area contributed by atoms with Crippen molar-refractivity contribution < 1.29 is 14.0 Å². The molecule has 0 aliphatic heterocycles. The third kappa shape index (κ3) is 5.37. The summed E-state index contributed by atoms with van der Waals surface area (Å²) in [5.41, 5.74) is 0. The van der Waals surface area contributed by atoms with Gasteiger partial charge in [0.2, 0.25) is 0 Å². The fraction of sp³-hybridized carbons (Fsp3) is 0.167. The molecule has 92 valence electrons.